The lowest BCUT2D eigenvalue weighted by Gasteiger charge is -2.16. The molecule has 27 heavy (non-hydrogen) atoms. The molecule has 10 heteroatoms. The first-order valence-electron chi connectivity index (χ1n) is 8.12. The monoisotopic (exact) mass is 426 g/mol. The first-order valence-corrected chi connectivity index (χ1v) is 11.4. The normalized spacial score (nSPS) is 10.1. The van der Waals surface area contributed by atoms with Crippen LogP contribution in [0.15, 0.2) is 29.7 Å². The summed E-state index contributed by atoms with van der Waals surface area (Å²) in [7, 11) is 1.94. The summed E-state index contributed by atoms with van der Waals surface area (Å²) in [5.41, 5.74) is 1.21. The summed E-state index contributed by atoms with van der Waals surface area (Å²) in [6, 6.07) is 3.77. The number of carbonyl (C=O) groups excluding carboxylic acids is 1. The van der Waals surface area contributed by atoms with Crippen molar-refractivity contribution in [1.29, 1.82) is 0 Å². The van der Waals surface area contributed by atoms with Crippen LogP contribution in [0, 0.1) is 0 Å². The van der Waals surface area contributed by atoms with Gasteiger partial charge in [-0.3, -0.25) is 4.79 Å². The Labute approximate surface area is 175 Å². The number of hydrogen-bond donors (Lipinski definition) is 3. The third kappa shape index (κ3) is 7.11. The largest absolute Gasteiger partial charge is 0.350 e. The molecule has 0 aliphatic carbocycles. The molecule has 0 spiro atoms. The molecule has 148 valence electrons. The van der Waals surface area contributed by atoms with Gasteiger partial charge in [0.15, 0.2) is 5.16 Å². The zero-order valence-electron chi connectivity index (χ0n) is 16.3. The molecule has 0 bridgehead atoms. The number of rotatable bonds is 7. The number of amides is 1. The molecule has 2 rings (SSSR count). The molecule has 0 fully saturated rings. The van der Waals surface area contributed by atoms with Crippen LogP contribution in [0.1, 0.15) is 24.2 Å². The van der Waals surface area contributed by atoms with Gasteiger partial charge in [-0.15, -0.1) is 0 Å². The van der Waals surface area contributed by atoms with Crippen molar-refractivity contribution in [2.45, 2.75) is 25.0 Å². The fourth-order valence-corrected chi connectivity index (χ4v) is 2.59. The van der Waals surface area contributed by atoms with E-state index in [9.17, 15) is 4.79 Å². The zero-order valence-corrected chi connectivity index (χ0v) is 18.9. The van der Waals surface area contributed by atoms with Crippen molar-refractivity contribution in [3.05, 3.63) is 30.1 Å². The Kier molecular flexibility index (Phi) is 10.3. The van der Waals surface area contributed by atoms with Crippen molar-refractivity contribution in [3.63, 3.8) is 0 Å². The summed E-state index contributed by atoms with van der Waals surface area (Å²) in [6.07, 6.45) is 8.83. The average molecular weight is 427 g/mol. The van der Waals surface area contributed by atoms with Gasteiger partial charge in [-0.2, -0.15) is 12.6 Å². The van der Waals surface area contributed by atoms with Crippen LogP contribution in [-0.2, 0) is 0 Å². The van der Waals surface area contributed by atoms with Gasteiger partial charge < -0.3 is 14.9 Å². The van der Waals surface area contributed by atoms with Gasteiger partial charge >= 0.3 is 0 Å². The van der Waals surface area contributed by atoms with Gasteiger partial charge in [0.05, 0.1) is 0 Å². The van der Waals surface area contributed by atoms with Crippen LogP contribution in [0.25, 0.3) is 0 Å². The summed E-state index contributed by atoms with van der Waals surface area (Å²) in [5, 5.41) is 6.69. The van der Waals surface area contributed by atoms with E-state index in [2.05, 4.69) is 38.2 Å². The van der Waals surface area contributed by atoms with E-state index >= 15 is 0 Å². The predicted octanol–water partition coefficient (Wildman–Crippen LogP) is 3.74. The molecule has 0 saturated carbocycles. The Morgan fingerprint density at radius 3 is 2.56 bits per heavy atom. The maximum Gasteiger partial charge on any atom is 0.256 e. The van der Waals surface area contributed by atoms with Crippen molar-refractivity contribution >= 4 is 59.6 Å². The van der Waals surface area contributed by atoms with Gasteiger partial charge in [0, 0.05) is 43.5 Å². The van der Waals surface area contributed by atoms with Gasteiger partial charge in [-0.05, 0) is 32.4 Å². The van der Waals surface area contributed by atoms with Crippen molar-refractivity contribution < 1.29 is 4.79 Å². The lowest BCUT2D eigenvalue weighted by atomic mass is 10.2. The Hall–Kier alpha value is -1.65. The number of nitrogens with one attached hydrogen (secondary N) is 2. The molecule has 0 saturated heterocycles. The molecule has 0 unspecified atom stereocenters. The number of anilines is 3. The van der Waals surface area contributed by atoms with Crippen molar-refractivity contribution in [2.75, 3.05) is 35.4 Å². The Morgan fingerprint density at radius 1 is 1.26 bits per heavy atom. The molecular formula is C17H26N6OS3. The van der Waals surface area contributed by atoms with E-state index in [1.54, 1.807) is 30.6 Å². The molecule has 0 aliphatic rings. The summed E-state index contributed by atoms with van der Waals surface area (Å²) in [4.78, 5) is 25.4. The van der Waals surface area contributed by atoms with E-state index in [0.717, 1.165) is 11.5 Å². The number of nitrogens with zero attached hydrogens (tertiary/aromatic N) is 4. The number of aromatic nitrogens is 3. The van der Waals surface area contributed by atoms with Crippen LogP contribution in [-0.4, -0.2) is 52.7 Å². The summed E-state index contributed by atoms with van der Waals surface area (Å²) in [6.45, 7) is 3.82. The predicted molar refractivity (Wildman–Crippen MR) is 121 cm³/mol. The van der Waals surface area contributed by atoms with Crippen LogP contribution >= 0.6 is 36.3 Å². The quantitative estimate of drug-likeness (QED) is 0.267. The Balaban J connectivity index is 0.00000176. The fourth-order valence-electron chi connectivity index (χ4n) is 1.96. The van der Waals surface area contributed by atoms with E-state index in [-0.39, 0.29) is 11.9 Å². The third-order valence-electron chi connectivity index (χ3n) is 3.22. The summed E-state index contributed by atoms with van der Waals surface area (Å²) in [5.74, 6) is 1.08. The number of thioether (sulfide) groups is 1. The van der Waals surface area contributed by atoms with Crippen molar-refractivity contribution in [2.24, 2.45) is 0 Å². The van der Waals surface area contributed by atoms with Crippen LogP contribution < -0.4 is 14.9 Å². The average Bonchev–Trinajstić information content (AvgIpc) is 2.68. The molecule has 7 nitrogen and oxygen atoms in total. The molecular weight excluding hydrogens is 400 g/mol. The standard InChI is InChI=1S/C16H22N6OS2.CH4S/c1-10(2)19-15(23)12-9-18-16(24-4)21-14(12)20-11-6-7-17-13(8-11)22(3)25-5;1-2/h6-10H,1-5H3,(H,19,23)(H,17,18,20,21);2H,1H3. The molecule has 0 atom stereocenters. The molecule has 2 heterocycles. The molecule has 0 radical (unpaired) electrons. The molecule has 2 aromatic heterocycles. The smallest absolute Gasteiger partial charge is 0.256 e. The molecule has 2 N–H and O–H groups in total. The van der Waals surface area contributed by atoms with Crippen LogP contribution in [0.2, 0.25) is 0 Å². The molecule has 0 aliphatic heterocycles. The Bertz CT molecular complexity index is 744. The van der Waals surface area contributed by atoms with Crippen LogP contribution in [0.5, 0.6) is 0 Å². The number of pyridine rings is 1. The second-order valence-electron chi connectivity index (χ2n) is 5.45. The van der Waals surface area contributed by atoms with Gasteiger partial charge in [-0.25, -0.2) is 15.0 Å². The van der Waals surface area contributed by atoms with Crippen molar-refractivity contribution in [3.8, 4) is 0 Å². The van der Waals surface area contributed by atoms with E-state index in [0.29, 0.717) is 16.5 Å². The lowest BCUT2D eigenvalue weighted by Crippen LogP contribution is -2.31. The highest BCUT2D eigenvalue weighted by atomic mass is 32.2. The minimum atomic E-state index is -0.208. The molecule has 2 aromatic rings. The first-order chi connectivity index (χ1) is 12.9. The second kappa shape index (κ2) is 11.9. The number of carbonyl (C=O) groups is 1. The second-order valence-corrected chi connectivity index (χ2v) is 7.14. The highest BCUT2D eigenvalue weighted by Gasteiger charge is 2.16. The number of hydrogen-bond acceptors (Lipinski definition) is 9. The maximum absolute atomic E-state index is 12.4. The SMILES string of the molecule is CS.CSc1ncc(C(=O)NC(C)C)c(Nc2ccnc(N(C)SC)c2)n1. The zero-order chi connectivity index (χ0) is 20.4. The summed E-state index contributed by atoms with van der Waals surface area (Å²) >= 11 is 6.51. The summed E-state index contributed by atoms with van der Waals surface area (Å²) < 4.78 is 1.95. The van der Waals surface area contributed by atoms with E-state index in [4.69, 9.17) is 0 Å². The topological polar surface area (TPSA) is 83.0 Å². The fraction of sp³-hybridized carbons (Fsp3) is 0.412. The van der Waals surface area contributed by atoms with E-state index < -0.39 is 0 Å². The van der Waals surface area contributed by atoms with Gasteiger partial charge in [-0.1, -0.05) is 23.7 Å². The highest BCUT2D eigenvalue weighted by Crippen LogP contribution is 2.24. The Morgan fingerprint density at radius 2 is 1.96 bits per heavy atom. The van der Waals surface area contributed by atoms with Gasteiger partial charge in [0.2, 0.25) is 0 Å². The highest BCUT2D eigenvalue weighted by molar-refractivity contribution is 7.99. The first kappa shape index (κ1) is 23.4. The van der Waals surface area contributed by atoms with E-state index in [1.807, 2.05) is 49.8 Å². The third-order valence-corrected chi connectivity index (χ3v) is 4.51. The molecule has 0 aromatic carbocycles. The van der Waals surface area contributed by atoms with Gasteiger partial charge in [0.1, 0.15) is 17.2 Å². The minimum absolute atomic E-state index is 0.0309. The van der Waals surface area contributed by atoms with E-state index in [1.165, 1.54) is 11.8 Å². The maximum atomic E-state index is 12.4. The lowest BCUT2D eigenvalue weighted by molar-refractivity contribution is 0.0943. The van der Waals surface area contributed by atoms with Gasteiger partial charge in [0.25, 0.3) is 5.91 Å². The van der Waals surface area contributed by atoms with Crippen LogP contribution in [0.3, 0.4) is 0 Å². The number of thiol groups is 1. The van der Waals surface area contributed by atoms with Crippen molar-refractivity contribution in [1.82, 2.24) is 20.3 Å². The minimum Gasteiger partial charge on any atom is -0.350 e. The van der Waals surface area contributed by atoms with Crippen LogP contribution in [0.4, 0.5) is 17.3 Å². The molecule has 1 amide bonds.